The molecule has 2 atom stereocenters. The average molecular weight is 888 g/mol. The van der Waals surface area contributed by atoms with E-state index in [1.165, 1.54) is 238 Å². The monoisotopic (exact) mass is 888 g/mol. The summed E-state index contributed by atoms with van der Waals surface area (Å²) in [5, 5.41) is 0. The van der Waals surface area contributed by atoms with E-state index in [9.17, 15) is 14.3 Å². The molecule has 8 nitrogen and oxygen atoms in total. The quantitative estimate of drug-likeness (QED) is 0.0352. The van der Waals surface area contributed by atoms with Gasteiger partial charge in [-0.1, -0.05) is 271 Å². The van der Waals surface area contributed by atoms with Crippen LogP contribution >= 0.6 is 7.82 Å². The highest BCUT2D eigenvalue weighted by Crippen LogP contribution is 2.43. The van der Waals surface area contributed by atoms with Gasteiger partial charge >= 0.3 is 13.8 Å². The lowest BCUT2D eigenvalue weighted by Gasteiger charge is -2.20. The van der Waals surface area contributed by atoms with Crippen molar-refractivity contribution in [1.82, 2.24) is 0 Å². The molecule has 0 radical (unpaired) electrons. The SMILES string of the molecule is CCCCCCCCCCCCCCCCCCCCCCCCCCCCCCCCC(=O)O[C@H](COCCCCCCCCCCCCCC)COP(=O)(O)OCCN. The van der Waals surface area contributed by atoms with Crippen molar-refractivity contribution >= 4 is 13.8 Å². The molecule has 0 aliphatic heterocycles. The van der Waals surface area contributed by atoms with Crippen LogP contribution in [-0.2, 0) is 27.9 Å². The van der Waals surface area contributed by atoms with Crippen molar-refractivity contribution in [1.29, 1.82) is 0 Å². The number of phosphoric acid groups is 1. The van der Waals surface area contributed by atoms with Gasteiger partial charge in [-0.15, -0.1) is 0 Å². The smallest absolute Gasteiger partial charge is 0.457 e. The van der Waals surface area contributed by atoms with Gasteiger partial charge in [0.15, 0.2) is 0 Å². The summed E-state index contributed by atoms with van der Waals surface area (Å²) in [5.41, 5.74) is 5.38. The molecule has 0 aliphatic carbocycles. The van der Waals surface area contributed by atoms with Crippen LogP contribution in [0.25, 0.3) is 0 Å². The maximum absolute atomic E-state index is 12.6. The van der Waals surface area contributed by atoms with Gasteiger partial charge in [0.1, 0.15) is 6.10 Å². The Morgan fingerprint density at radius 1 is 0.426 bits per heavy atom. The van der Waals surface area contributed by atoms with E-state index in [2.05, 4.69) is 13.8 Å². The Balaban J connectivity index is 3.72. The van der Waals surface area contributed by atoms with Crippen molar-refractivity contribution in [3.05, 3.63) is 0 Å². The number of carbonyl (C=O) groups is 1. The molecule has 0 bridgehead atoms. The van der Waals surface area contributed by atoms with Gasteiger partial charge in [-0.25, -0.2) is 4.57 Å². The van der Waals surface area contributed by atoms with Crippen molar-refractivity contribution in [3.63, 3.8) is 0 Å². The van der Waals surface area contributed by atoms with Crippen LogP contribution in [0.2, 0.25) is 0 Å². The van der Waals surface area contributed by atoms with Crippen LogP contribution in [-0.4, -0.2) is 49.9 Å². The third-order valence-corrected chi connectivity index (χ3v) is 13.3. The zero-order chi connectivity index (χ0) is 44.4. The van der Waals surface area contributed by atoms with Crippen LogP contribution in [0.3, 0.4) is 0 Å². The predicted molar refractivity (Wildman–Crippen MR) is 261 cm³/mol. The number of esters is 1. The molecule has 0 heterocycles. The van der Waals surface area contributed by atoms with Crippen LogP contribution in [0.1, 0.15) is 290 Å². The van der Waals surface area contributed by atoms with Crippen molar-refractivity contribution in [2.24, 2.45) is 5.73 Å². The second-order valence-corrected chi connectivity index (χ2v) is 19.9. The molecular weight excluding hydrogens is 782 g/mol. The molecule has 0 aliphatic rings. The van der Waals surface area contributed by atoms with Gasteiger partial charge in [-0.05, 0) is 12.8 Å². The first kappa shape index (κ1) is 60.5. The van der Waals surface area contributed by atoms with Crippen molar-refractivity contribution in [2.75, 3.05) is 33.0 Å². The topological polar surface area (TPSA) is 117 Å². The Morgan fingerprint density at radius 2 is 0.721 bits per heavy atom. The molecule has 1 unspecified atom stereocenters. The zero-order valence-electron chi connectivity index (χ0n) is 40.9. The third kappa shape index (κ3) is 50.4. The van der Waals surface area contributed by atoms with E-state index in [4.69, 9.17) is 24.3 Å². The zero-order valence-corrected chi connectivity index (χ0v) is 41.8. The first-order valence-corrected chi connectivity index (χ1v) is 28.5. The van der Waals surface area contributed by atoms with Crippen molar-refractivity contribution in [2.45, 2.75) is 296 Å². The normalized spacial score (nSPS) is 13.2. The summed E-state index contributed by atoms with van der Waals surface area (Å²) < 4.78 is 33.5. The maximum Gasteiger partial charge on any atom is 0.472 e. The number of nitrogens with two attached hydrogens (primary N) is 1. The maximum atomic E-state index is 12.6. The number of phosphoric ester groups is 1. The molecule has 9 heteroatoms. The lowest BCUT2D eigenvalue weighted by molar-refractivity contribution is -0.154. The fourth-order valence-electron chi connectivity index (χ4n) is 8.30. The van der Waals surface area contributed by atoms with Gasteiger partial charge in [0, 0.05) is 19.6 Å². The molecule has 366 valence electrons. The van der Waals surface area contributed by atoms with E-state index in [-0.39, 0.29) is 32.3 Å². The Labute approximate surface area is 380 Å². The van der Waals surface area contributed by atoms with Gasteiger partial charge in [-0.2, -0.15) is 0 Å². The molecule has 0 aromatic heterocycles. The number of carbonyl (C=O) groups excluding carboxylic acids is 1. The third-order valence-electron chi connectivity index (χ3n) is 12.3. The molecule has 0 fully saturated rings. The van der Waals surface area contributed by atoms with Crippen molar-refractivity contribution in [3.8, 4) is 0 Å². The predicted octanol–water partition coefficient (Wildman–Crippen LogP) is 16.8. The Hall–Kier alpha value is -0.500. The molecule has 3 N–H and O–H groups in total. The molecule has 0 amide bonds. The average Bonchev–Trinajstić information content (AvgIpc) is 3.25. The van der Waals surface area contributed by atoms with Crippen LogP contribution in [0.4, 0.5) is 0 Å². The summed E-state index contributed by atoms with van der Waals surface area (Å²) in [6, 6.07) is 0. The molecule has 0 rings (SSSR count). The Kier molecular flexibility index (Phi) is 50.1. The van der Waals surface area contributed by atoms with Gasteiger partial charge < -0.3 is 20.1 Å². The number of hydrogen-bond donors (Lipinski definition) is 2. The minimum atomic E-state index is -4.27. The van der Waals surface area contributed by atoms with Crippen molar-refractivity contribution < 1.29 is 32.8 Å². The molecule has 0 saturated heterocycles. The van der Waals surface area contributed by atoms with Gasteiger partial charge in [-0.3, -0.25) is 13.8 Å². The molecular formula is C52H106NO7P. The number of ether oxygens (including phenoxy) is 2. The highest BCUT2D eigenvalue weighted by molar-refractivity contribution is 7.47. The van der Waals surface area contributed by atoms with E-state index in [1.54, 1.807) is 0 Å². The Morgan fingerprint density at radius 3 is 1.03 bits per heavy atom. The summed E-state index contributed by atoms with van der Waals surface area (Å²) in [7, 11) is -4.27. The second-order valence-electron chi connectivity index (χ2n) is 18.5. The summed E-state index contributed by atoms with van der Waals surface area (Å²) in [5.74, 6) is -0.321. The number of rotatable bonds is 53. The number of hydrogen-bond acceptors (Lipinski definition) is 7. The van der Waals surface area contributed by atoms with Crippen LogP contribution in [0.5, 0.6) is 0 Å². The lowest BCUT2D eigenvalue weighted by Crippen LogP contribution is -2.28. The summed E-state index contributed by atoms with van der Waals surface area (Å²) in [6.45, 7) is 5.00. The van der Waals surface area contributed by atoms with E-state index in [1.807, 2.05) is 0 Å². The number of unbranched alkanes of at least 4 members (excludes halogenated alkanes) is 40. The van der Waals surface area contributed by atoms with Gasteiger partial charge in [0.25, 0.3) is 0 Å². The van der Waals surface area contributed by atoms with E-state index in [0.29, 0.717) is 13.0 Å². The fraction of sp³-hybridized carbons (Fsp3) is 0.981. The molecule has 61 heavy (non-hydrogen) atoms. The van der Waals surface area contributed by atoms with Gasteiger partial charge in [0.2, 0.25) is 0 Å². The highest BCUT2D eigenvalue weighted by atomic mass is 31.2. The first-order valence-electron chi connectivity index (χ1n) is 27.0. The molecule has 0 aromatic carbocycles. The fourth-order valence-corrected chi connectivity index (χ4v) is 9.06. The first-order chi connectivity index (χ1) is 29.9. The second kappa shape index (κ2) is 50.5. The summed E-state index contributed by atoms with van der Waals surface area (Å²) >= 11 is 0. The van der Waals surface area contributed by atoms with Crippen LogP contribution < -0.4 is 5.73 Å². The Bertz CT molecular complexity index is 909. The summed E-state index contributed by atoms with van der Waals surface area (Å²) in [4.78, 5) is 22.6. The summed E-state index contributed by atoms with van der Waals surface area (Å²) in [6.07, 6.45) is 55.9. The van der Waals surface area contributed by atoms with E-state index < -0.39 is 13.9 Å². The lowest BCUT2D eigenvalue weighted by atomic mass is 10.0. The molecule has 0 aromatic rings. The minimum Gasteiger partial charge on any atom is -0.457 e. The van der Waals surface area contributed by atoms with E-state index >= 15 is 0 Å². The standard InChI is InChI=1S/C52H106NO7P/c1-3-5-7-9-11-13-15-17-18-19-20-21-22-23-24-25-26-27-28-29-30-31-32-33-34-35-37-39-41-43-45-52(54)60-51(50-59-61(55,56)58-48-46-53)49-57-47-44-42-40-38-36-16-14-12-10-8-6-4-2/h51H,3-50,53H2,1-2H3,(H,55,56)/t51-/m1/s1. The van der Waals surface area contributed by atoms with E-state index in [0.717, 1.165) is 32.1 Å². The van der Waals surface area contributed by atoms with Crippen LogP contribution in [0.15, 0.2) is 0 Å². The molecule has 0 saturated carbocycles. The highest BCUT2D eigenvalue weighted by Gasteiger charge is 2.25. The molecule has 0 spiro atoms. The van der Waals surface area contributed by atoms with Crippen LogP contribution in [0, 0.1) is 0 Å². The minimum absolute atomic E-state index is 0.0899. The largest absolute Gasteiger partial charge is 0.472 e. The van der Waals surface area contributed by atoms with Gasteiger partial charge in [0.05, 0.1) is 19.8 Å².